The molecule has 1 aromatic heterocycles. The van der Waals surface area contributed by atoms with Gasteiger partial charge in [-0.05, 0) is 24.3 Å². The maximum absolute atomic E-state index is 12.2. The fourth-order valence-corrected chi connectivity index (χ4v) is 3.02. The van der Waals surface area contributed by atoms with Gasteiger partial charge >= 0.3 is 0 Å². The summed E-state index contributed by atoms with van der Waals surface area (Å²) in [6.07, 6.45) is 0. The zero-order chi connectivity index (χ0) is 15.6. The van der Waals surface area contributed by atoms with Gasteiger partial charge in [-0.15, -0.1) is 0 Å². The van der Waals surface area contributed by atoms with Gasteiger partial charge < -0.3 is 14.6 Å². The summed E-state index contributed by atoms with van der Waals surface area (Å²) in [6.45, 7) is 1.60. The van der Waals surface area contributed by atoms with Gasteiger partial charge in [-0.1, -0.05) is 30.3 Å². The number of nitrogens with one attached hydrogen (secondary N) is 1. The minimum absolute atomic E-state index is 0.0545. The third kappa shape index (κ3) is 2.59. The molecule has 0 saturated heterocycles. The fourth-order valence-electron chi connectivity index (χ4n) is 3.02. The van der Waals surface area contributed by atoms with Crippen LogP contribution in [-0.2, 0) is 11.3 Å². The number of fused-ring (bicyclic) bond motifs is 3. The van der Waals surface area contributed by atoms with Crippen molar-refractivity contribution in [3.8, 4) is 0 Å². The first-order chi connectivity index (χ1) is 11.3. The zero-order valence-electron chi connectivity index (χ0n) is 12.6. The first-order valence-corrected chi connectivity index (χ1v) is 7.70. The summed E-state index contributed by atoms with van der Waals surface area (Å²) >= 11 is 0. The van der Waals surface area contributed by atoms with E-state index >= 15 is 0 Å². The van der Waals surface area contributed by atoms with Crippen LogP contribution in [0, 0.1) is 0 Å². The molecule has 1 N–H and O–H groups in total. The van der Waals surface area contributed by atoms with Crippen molar-refractivity contribution in [2.45, 2.75) is 12.6 Å². The number of nitrogens with zero attached hydrogens (tertiary/aromatic N) is 2. The predicted octanol–water partition coefficient (Wildman–Crippen LogP) is 2.54. The Morgan fingerprint density at radius 2 is 1.96 bits per heavy atom. The number of aromatic nitrogens is 2. The molecule has 23 heavy (non-hydrogen) atoms. The lowest BCUT2D eigenvalue weighted by molar-refractivity contribution is 0.0553. The van der Waals surface area contributed by atoms with Crippen molar-refractivity contribution < 1.29 is 9.53 Å². The van der Waals surface area contributed by atoms with Gasteiger partial charge in [-0.2, -0.15) is 0 Å². The first-order valence-electron chi connectivity index (χ1n) is 7.70. The van der Waals surface area contributed by atoms with E-state index < -0.39 is 0 Å². The van der Waals surface area contributed by atoms with Crippen LogP contribution in [0.3, 0.4) is 0 Å². The molecule has 2 aromatic carbocycles. The second-order valence-electron chi connectivity index (χ2n) is 5.63. The molecule has 1 amide bonds. The standard InChI is InChI=1S/C18H17N3O2/c22-18(13-6-2-1-3-7-13)19-10-14-11-23-12-17-20-15-8-4-5-9-16(15)21(14)17/h1-9,14H,10-12H2,(H,19,22)/t14-/m0/s1. The molecule has 0 radical (unpaired) electrons. The summed E-state index contributed by atoms with van der Waals surface area (Å²) in [5.41, 5.74) is 2.72. The molecule has 4 rings (SSSR count). The van der Waals surface area contributed by atoms with Crippen LogP contribution in [0.4, 0.5) is 0 Å². The number of ether oxygens (including phenoxy) is 1. The third-order valence-electron chi connectivity index (χ3n) is 4.11. The van der Waals surface area contributed by atoms with E-state index in [1.807, 2.05) is 48.5 Å². The Balaban J connectivity index is 1.56. The van der Waals surface area contributed by atoms with E-state index in [2.05, 4.69) is 20.9 Å². The minimum atomic E-state index is -0.0675. The molecule has 5 heteroatoms. The highest BCUT2D eigenvalue weighted by molar-refractivity contribution is 5.94. The number of hydrogen-bond donors (Lipinski definition) is 1. The Morgan fingerprint density at radius 1 is 1.17 bits per heavy atom. The Morgan fingerprint density at radius 3 is 2.83 bits per heavy atom. The van der Waals surface area contributed by atoms with Gasteiger partial charge in [0.2, 0.25) is 0 Å². The van der Waals surface area contributed by atoms with E-state index in [0.717, 1.165) is 16.9 Å². The van der Waals surface area contributed by atoms with Crippen molar-refractivity contribution in [3.63, 3.8) is 0 Å². The summed E-state index contributed by atoms with van der Waals surface area (Å²) in [4.78, 5) is 16.8. The molecule has 0 fully saturated rings. The monoisotopic (exact) mass is 307 g/mol. The van der Waals surface area contributed by atoms with Crippen molar-refractivity contribution in [2.24, 2.45) is 0 Å². The number of amides is 1. The van der Waals surface area contributed by atoms with Gasteiger partial charge in [0.15, 0.2) is 0 Å². The van der Waals surface area contributed by atoms with Crippen LogP contribution in [0.25, 0.3) is 11.0 Å². The molecule has 0 aliphatic carbocycles. The van der Waals surface area contributed by atoms with Gasteiger partial charge in [0.25, 0.3) is 5.91 Å². The van der Waals surface area contributed by atoms with Crippen molar-refractivity contribution in [1.82, 2.24) is 14.9 Å². The summed E-state index contributed by atoms with van der Waals surface area (Å²) < 4.78 is 7.83. The molecule has 5 nitrogen and oxygen atoms in total. The average Bonchev–Trinajstić information content (AvgIpc) is 2.99. The number of carbonyl (C=O) groups excluding carboxylic acids is 1. The number of hydrogen-bond acceptors (Lipinski definition) is 3. The highest BCUT2D eigenvalue weighted by atomic mass is 16.5. The normalized spacial score (nSPS) is 17.0. The number of para-hydroxylation sites is 2. The van der Waals surface area contributed by atoms with Crippen LogP contribution in [0.2, 0.25) is 0 Å². The molecule has 1 atom stereocenters. The second-order valence-corrected chi connectivity index (χ2v) is 5.63. The smallest absolute Gasteiger partial charge is 0.251 e. The number of rotatable bonds is 3. The van der Waals surface area contributed by atoms with E-state index in [0.29, 0.717) is 25.3 Å². The maximum Gasteiger partial charge on any atom is 0.251 e. The number of benzene rings is 2. The first kappa shape index (κ1) is 14.0. The Kier molecular flexibility index (Phi) is 3.55. The van der Waals surface area contributed by atoms with Crippen LogP contribution in [0.15, 0.2) is 54.6 Å². The summed E-state index contributed by atoms with van der Waals surface area (Å²) in [5.74, 6) is 0.846. The number of imidazole rings is 1. The summed E-state index contributed by atoms with van der Waals surface area (Å²) in [7, 11) is 0. The molecule has 1 aliphatic heterocycles. The van der Waals surface area contributed by atoms with Crippen LogP contribution in [0.5, 0.6) is 0 Å². The Bertz CT molecular complexity index is 842. The third-order valence-corrected chi connectivity index (χ3v) is 4.11. The summed E-state index contributed by atoms with van der Waals surface area (Å²) in [5, 5.41) is 3.00. The van der Waals surface area contributed by atoms with Gasteiger partial charge in [0, 0.05) is 12.1 Å². The van der Waals surface area contributed by atoms with Gasteiger partial charge in [0.1, 0.15) is 12.4 Å². The van der Waals surface area contributed by atoms with E-state index in [9.17, 15) is 4.79 Å². The molecule has 0 bridgehead atoms. The zero-order valence-corrected chi connectivity index (χ0v) is 12.6. The molecule has 0 spiro atoms. The molecule has 3 aromatic rings. The second kappa shape index (κ2) is 5.85. The lowest BCUT2D eigenvalue weighted by Crippen LogP contribution is -2.35. The van der Waals surface area contributed by atoms with Crippen LogP contribution in [0.1, 0.15) is 22.2 Å². The molecule has 0 unspecified atom stereocenters. The quantitative estimate of drug-likeness (QED) is 0.809. The molecular weight excluding hydrogens is 290 g/mol. The van der Waals surface area contributed by atoms with Gasteiger partial charge in [-0.3, -0.25) is 4.79 Å². The maximum atomic E-state index is 12.2. The minimum Gasteiger partial charge on any atom is -0.371 e. The van der Waals surface area contributed by atoms with Crippen molar-refractivity contribution >= 4 is 16.9 Å². The predicted molar refractivity (Wildman–Crippen MR) is 87.2 cm³/mol. The highest BCUT2D eigenvalue weighted by Gasteiger charge is 2.24. The lowest BCUT2D eigenvalue weighted by atomic mass is 10.2. The highest BCUT2D eigenvalue weighted by Crippen LogP contribution is 2.25. The Labute approximate surface area is 133 Å². The number of carbonyl (C=O) groups is 1. The van der Waals surface area contributed by atoms with E-state index in [1.165, 1.54) is 0 Å². The van der Waals surface area contributed by atoms with E-state index in [1.54, 1.807) is 0 Å². The molecule has 0 saturated carbocycles. The molecule has 2 heterocycles. The van der Waals surface area contributed by atoms with E-state index in [4.69, 9.17) is 4.74 Å². The fraction of sp³-hybridized carbons (Fsp3) is 0.222. The topological polar surface area (TPSA) is 56.1 Å². The van der Waals surface area contributed by atoms with Crippen LogP contribution < -0.4 is 5.32 Å². The van der Waals surface area contributed by atoms with E-state index in [-0.39, 0.29) is 11.9 Å². The molecule has 1 aliphatic rings. The average molecular weight is 307 g/mol. The molecule has 116 valence electrons. The summed E-state index contributed by atoms with van der Waals surface area (Å²) in [6, 6.07) is 17.3. The Hall–Kier alpha value is -2.66. The SMILES string of the molecule is O=C(NC[C@H]1COCc2nc3ccccc3n21)c1ccccc1. The van der Waals surface area contributed by atoms with Gasteiger partial charge in [-0.25, -0.2) is 4.98 Å². The largest absolute Gasteiger partial charge is 0.371 e. The van der Waals surface area contributed by atoms with Crippen molar-refractivity contribution in [1.29, 1.82) is 0 Å². The molecular formula is C18H17N3O2. The lowest BCUT2D eigenvalue weighted by Gasteiger charge is -2.26. The van der Waals surface area contributed by atoms with Crippen molar-refractivity contribution in [3.05, 3.63) is 66.0 Å². The van der Waals surface area contributed by atoms with Crippen LogP contribution >= 0.6 is 0 Å². The van der Waals surface area contributed by atoms with Crippen molar-refractivity contribution in [2.75, 3.05) is 13.2 Å². The van der Waals surface area contributed by atoms with Crippen LogP contribution in [-0.4, -0.2) is 28.6 Å². The van der Waals surface area contributed by atoms with Gasteiger partial charge in [0.05, 0.1) is 23.7 Å².